The number of hydrogen-bond donors (Lipinski definition) is 1. The van der Waals surface area contributed by atoms with E-state index in [1.807, 2.05) is 50.2 Å². The van der Waals surface area contributed by atoms with Gasteiger partial charge in [-0.3, -0.25) is 9.59 Å². The van der Waals surface area contributed by atoms with E-state index >= 15 is 0 Å². The van der Waals surface area contributed by atoms with E-state index in [1.54, 1.807) is 12.1 Å². The molecule has 0 bridgehead atoms. The Labute approximate surface area is 142 Å². The summed E-state index contributed by atoms with van der Waals surface area (Å²) in [5.74, 6) is 0.150. The predicted octanol–water partition coefficient (Wildman–Crippen LogP) is 3.39. The minimum absolute atomic E-state index is 0.0549. The van der Waals surface area contributed by atoms with E-state index < -0.39 is 0 Å². The Bertz CT molecular complexity index is 728. The van der Waals surface area contributed by atoms with Gasteiger partial charge < -0.3 is 15.0 Å². The van der Waals surface area contributed by atoms with Crippen LogP contribution in [0, 0.1) is 6.92 Å². The van der Waals surface area contributed by atoms with E-state index in [2.05, 4.69) is 5.32 Å². The number of hydrogen-bond acceptors (Lipinski definition) is 3. The van der Waals surface area contributed by atoms with Gasteiger partial charge >= 0.3 is 0 Å². The Balaban J connectivity index is 2.15. The van der Waals surface area contributed by atoms with Gasteiger partial charge in [0.2, 0.25) is 11.8 Å². The van der Waals surface area contributed by atoms with Gasteiger partial charge in [-0.05, 0) is 37.6 Å². The van der Waals surface area contributed by atoms with Gasteiger partial charge in [0.25, 0.3) is 0 Å². The minimum Gasteiger partial charge on any atom is -0.492 e. The highest BCUT2D eigenvalue weighted by molar-refractivity contribution is 6.02. The molecule has 0 aromatic heterocycles. The maximum absolute atomic E-state index is 12.4. The number of nitrogens with one attached hydrogen (secondary N) is 1. The smallest absolute Gasteiger partial charge is 0.244 e. The van der Waals surface area contributed by atoms with Gasteiger partial charge in [-0.1, -0.05) is 30.3 Å². The topological polar surface area (TPSA) is 58.6 Å². The second-order valence-corrected chi connectivity index (χ2v) is 5.37. The molecule has 0 fully saturated rings. The van der Waals surface area contributed by atoms with Crippen LogP contribution in [0.3, 0.4) is 0 Å². The molecule has 0 aliphatic heterocycles. The predicted molar refractivity (Wildman–Crippen MR) is 95.4 cm³/mol. The number of rotatable bonds is 6. The Hall–Kier alpha value is -2.82. The molecule has 0 spiro atoms. The summed E-state index contributed by atoms with van der Waals surface area (Å²) in [4.78, 5) is 25.8. The van der Waals surface area contributed by atoms with Crippen LogP contribution in [-0.4, -0.2) is 25.0 Å². The Morgan fingerprint density at radius 1 is 1.08 bits per heavy atom. The van der Waals surface area contributed by atoms with Crippen molar-refractivity contribution >= 4 is 23.2 Å². The summed E-state index contributed by atoms with van der Waals surface area (Å²) in [6.07, 6.45) is 0. The number of nitrogens with zero attached hydrogens (tertiary/aromatic N) is 1. The van der Waals surface area contributed by atoms with Gasteiger partial charge in [0.1, 0.15) is 12.3 Å². The number of carbonyl (C=O) groups excluding carboxylic acids is 2. The molecule has 2 aromatic rings. The Kier molecular flexibility index (Phi) is 5.95. The molecule has 24 heavy (non-hydrogen) atoms. The highest BCUT2D eigenvalue weighted by Crippen LogP contribution is 2.24. The number of carbonyl (C=O) groups is 2. The zero-order valence-electron chi connectivity index (χ0n) is 14.2. The van der Waals surface area contributed by atoms with Crippen molar-refractivity contribution in [2.45, 2.75) is 20.8 Å². The van der Waals surface area contributed by atoms with Crippen molar-refractivity contribution in [3.05, 3.63) is 54.1 Å². The first-order valence-corrected chi connectivity index (χ1v) is 7.88. The lowest BCUT2D eigenvalue weighted by Gasteiger charge is -2.22. The van der Waals surface area contributed by atoms with Crippen molar-refractivity contribution < 1.29 is 14.3 Å². The molecule has 5 nitrogen and oxygen atoms in total. The van der Waals surface area contributed by atoms with Crippen LogP contribution in [-0.2, 0) is 9.59 Å². The molecule has 0 saturated heterocycles. The molecule has 2 aromatic carbocycles. The highest BCUT2D eigenvalue weighted by Gasteiger charge is 2.18. The summed E-state index contributed by atoms with van der Waals surface area (Å²) >= 11 is 0. The van der Waals surface area contributed by atoms with Crippen molar-refractivity contribution in [2.75, 3.05) is 23.4 Å². The number of ether oxygens (including phenoxy) is 1. The molecule has 0 atom stereocenters. The first kappa shape index (κ1) is 17.5. The average Bonchev–Trinajstić information content (AvgIpc) is 2.55. The van der Waals surface area contributed by atoms with Gasteiger partial charge in [0.15, 0.2) is 0 Å². The lowest BCUT2D eigenvalue weighted by atomic mass is 10.2. The second-order valence-electron chi connectivity index (χ2n) is 5.37. The van der Waals surface area contributed by atoms with Crippen LogP contribution in [0.1, 0.15) is 19.4 Å². The summed E-state index contributed by atoms with van der Waals surface area (Å²) < 4.78 is 5.50. The largest absolute Gasteiger partial charge is 0.492 e. The fraction of sp³-hybridized carbons (Fsp3) is 0.263. The molecule has 2 rings (SSSR count). The molecule has 1 N–H and O–H groups in total. The lowest BCUT2D eigenvalue weighted by Crippen LogP contribution is -2.37. The average molecular weight is 326 g/mol. The van der Waals surface area contributed by atoms with Gasteiger partial charge in [-0.25, -0.2) is 0 Å². The molecule has 2 amide bonds. The molecular weight excluding hydrogens is 304 g/mol. The van der Waals surface area contributed by atoms with E-state index in [-0.39, 0.29) is 18.4 Å². The maximum Gasteiger partial charge on any atom is 0.244 e. The van der Waals surface area contributed by atoms with E-state index in [1.165, 1.54) is 11.8 Å². The highest BCUT2D eigenvalue weighted by atomic mass is 16.5. The van der Waals surface area contributed by atoms with Crippen LogP contribution < -0.4 is 15.0 Å². The molecule has 0 saturated carbocycles. The molecule has 0 aliphatic rings. The quantitative estimate of drug-likeness (QED) is 0.885. The summed E-state index contributed by atoms with van der Waals surface area (Å²) in [6, 6.07) is 14.7. The van der Waals surface area contributed by atoms with Crippen LogP contribution in [0.15, 0.2) is 48.5 Å². The zero-order chi connectivity index (χ0) is 17.5. The van der Waals surface area contributed by atoms with Crippen LogP contribution in [0.2, 0.25) is 0 Å². The maximum atomic E-state index is 12.4. The lowest BCUT2D eigenvalue weighted by molar-refractivity contribution is -0.120. The normalized spacial score (nSPS) is 10.1. The summed E-state index contributed by atoms with van der Waals surface area (Å²) in [6.45, 7) is 5.70. The summed E-state index contributed by atoms with van der Waals surface area (Å²) in [5.41, 5.74) is 2.27. The molecule has 0 aliphatic carbocycles. The fourth-order valence-electron chi connectivity index (χ4n) is 2.42. The third kappa shape index (κ3) is 4.35. The minimum atomic E-state index is -0.277. The molecule has 5 heteroatoms. The van der Waals surface area contributed by atoms with Crippen molar-refractivity contribution in [3.8, 4) is 5.75 Å². The molecule has 0 unspecified atom stereocenters. The van der Waals surface area contributed by atoms with Crippen molar-refractivity contribution in [1.82, 2.24) is 0 Å². The number of amides is 2. The zero-order valence-corrected chi connectivity index (χ0v) is 14.2. The first-order chi connectivity index (χ1) is 11.5. The first-order valence-electron chi connectivity index (χ1n) is 7.88. The Morgan fingerprint density at radius 3 is 2.42 bits per heavy atom. The second kappa shape index (κ2) is 8.15. The summed E-state index contributed by atoms with van der Waals surface area (Å²) in [7, 11) is 0. The number of aryl methyl sites for hydroxylation is 1. The van der Waals surface area contributed by atoms with Crippen LogP contribution >= 0.6 is 0 Å². The van der Waals surface area contributed by atoms with E-state index in [4.69, 9.17) is 4.74 Å². The van der Waals surface area contributed by atoms with Gasteiger partial charge in [0.05, 0.1) is 12.3 Å². The number of benzene rings is 2. The van der Waals surface area contributed by atoms with Crippen LogP contribution in [0.25, 0.3) is 0 Å². The molecule has 0 radical (unpaired) electrons. The van der Waals surface area contributed by atoms with Crippen molar-refractivity contribution in [1.29, 1.82) is 0 Å². The molecule has 126 valence electrons. The molecular formula is C19H22N2O3. The van der Waals surface area contributed by atoms with Gasteiger partial charge in [-0.15, -0.1) is 0 Å². The van der Waals surface area contributed by atoms with Gasteiger partial charge in [0, 0.05) is 12.6 Å². The standard InChI is InChI=1S/C19H22N2O3/c1-4-24-18-12-8-6-10-16(18)20-19(23)13-21(15(3)22)17-11-7-5-9-14(17)2/h5-12H,4,13H2,1-3H3,(H,20,23). The summed E-state index contributed by atoms with van der Waals surface area (Å²) in [5, 5.41) is 2.81. The molecule has 0 heterocycles. The third-order valence-corrected chi connectivity index (χ3v) is 3.55. The number of para-hydroxylation sites is 3. The van der Waals surface area contributed by atoms with Gasteiger partial charge in [-0.2, -0.15) is 0 Å². The van der Waals surface area contributed by atoms with Crippen molar-refractivity contribution in [2.24, 2.45) is 0 Å². The van der Waals surface area contributed by atoms with Crippen molar-refractivity contribution in [3.63, 3.8) is 0 Å². The third-order valence-electron chi connectivity index (χ3n) is 3.55. The van der Waals surface area contributed by atoms with E-state index in [0.29, 0.717) is 18.0 Å². The van der Waals surface area contributed by atoms with E-state index in [9.17, 15) is 9.59 Å². The Morgan fingerprint density at radius 2 is 1.75 bits per heavy atom. The van der Waals surface area contributed by atoms with Crippen LogP contribution in [0.4, 0.5) is 11.4 Å². The fourth-order valence-corrected chi connectivity index (χ4v) is 2.42. The SMILES string of the molecule is CCOc1ccccc1NC(=O)CN(C(C)=O)c1ccccc1C. The van der Waals surface area contributed by atoms with Crippen LogP contribution in [0.5, 0.6) is 5.75 Å². The van der Waals surface area contributed by atoms with E-state index in [0.717, 1.165) is 11.3 Å². The number of anilines is 2. The monoisotopic (exact) mass is 326 g/mol.